The lowest BCUT2D eigenvalue weighted by atomic mass is 10.1. The third kappa shape index (κ3) is 5.72. The van der Waals surface area contributed by atoms with Gasteiger partial charge in [-0.2, -0.15) is 0 Å². The number of carbonyl (C=O) groups excluding carboxylic acids is 3. The molecule has 2 heterocycles. The summed E-state index contributed by atoms with van der Waals surface area (Å²) in [5.74, 6) is -0.992. The van der Waals surface area contributed by atoms with Gasteiger partial charge in [-0.25, -0.2) is 4.68 Å². The number of fused-ring (bicyclic) bond motifs is 1. The standard InChI is InChI=1S/C30H26N6O3/c1-21(37)23-12-9-13-24(18-23)36(28(38)20-35-27-16-6-5-14-25(27)33-34-35)29(26-15-7-8-17-31-26)30(39)32-19-22-10-3-2-4-11-22/h2-18,29H,19-20H2,1H3,(H,32,39)/t29-/m0/s1. The first-order chi connectivity index (χ1) is 19.0. The number of para-hydroxylation sites is 1. The van der Waals surface area contributed by atoms with E-state index in [0.29, 0.717) is 28.0 Å². The molecule has 0 fully saturated rings. The number of aromatic nitrogens is 4. The van der Waals surface area contributed by atoms with E-state index in [2.05, 4.69) is 20.6 Å². The summed E-state index contributed by atoms with van der Waals surface area (Å²) in [4.78, 5) is 45.9. The van der Waals surface area contributed by atoms with E-state index in [9.17, 15) is 14.4 Å². The molecule has 0 aliphatic rings. The van der Waals surface area contributed by atoms with Crippen molar-refractivity contribution < 1.29 is 14.4 Å². The van der Waals surface area contributed by atoms with Crippen molar-refractivity contribution in [1.82, 2.24) is 25.3 Å². The number of hydrogen-bond acceptors (Lipinski definition) is 6. The monoisotopic (exact) mass is 518 g/mol. The minimum absolute atomic E-state index is 0.158. The molecule has 9 heteroatoms. The van der Waals surface area contributed by atoms with E-state index >= 15 is 0 Å². The van der Waals surface area contributed by atoms with Gasteiger partial charge in [-0.05, 0) is 48.9 Å². The van der Waals surface area contributed by atoms with Gasteiger partial charge >= 0.3 is 0 Å². The first-order valence-electron chi connectivity index (χ1n) is 12.4. The van der Waals surface area contributed by atoms with E-state index in [1.54, 1.807) is 48.7 Å². The topological polar surface area (TPSA) is 110 Å². The molecule has 0 saturated carbocycles. The smallest absolute Gasteiger partial charge is 0.249 e. The molecule has 39 heavy (non-hydrogen) atoms. The molecule has 0 spiro atoms. The van der Waals surface area contributed by atoms with Gasteiger partial charge < -0.3 is 5.32 Å². The van der Waals surface area contributed by atoms with Crippen molar-refractivity contribution in [3.8, 4) is 0 Å². The van der Waals surface area contributed by atoms with E-state index in [-0.39, 0.29) is 18.9 Å². The number of ketones is 1. The van der Waals surface area contributed by atoms with Crippen LogP contribution in [0.15, 0.2) is 103 Å². The average Bonchev–Trinajstić information content (AvgIpc) is 3.38. The minimum Gasteiger partial charge on any atom is -0.350 e. The molecule has 194 valence electrons. The Kier molecular flexibility index (Phi) is 7.49. The Hall–Kier alpha value is -5.18. The molecule has 3 aromatic carbocycles. The van der Waals surface area contributed by atoms with Crippen LogP contribution >= 0.6 is 0 Å². The van der Waals surface area contributed by atoms with Crippen LogP contribution in [0.3, 0.4) is 0 Å². The van der Waals surface area contributed by atoms with E-state index in [0.717, 1.165) is 5.56 Å². The summed E-state index contributed by atoms with van der Waals surface area (Å²) in [5, 5.41) is 11.3. The number of rotatable bonds is 9. The quantitative estimate of drug-likeness (QED) is 0.294. The highest BCUT2D eigenvalue weighted by atomic mass is 16.2. The van der Waals surface area contributed by atoms with Crippen molar-refractivity contribution in [2.24, 2.45) is 0 Å². The van der Waals surface area contributed by atoms with Gasteiger partial charge in [-0.15, -0.1) is 5.10 Å². The molecule has 0 bridgehead atoms. The Balaban J connectivity index is 1.57. The van der Waals surface area contributed by atoms with Crippen LogP contribution in [0.4, 0.5) is 5.69 Å². The lowest BCUT2D eigenvalue weighted by Crippen LogP contribution is -2.45. The third-order valence-corrected chi connectivity index (χ3v) is 6.29. The van der Waals surface area contributed by atoms with Crippen LogP contribution < -0.4 is 10.2 Å². The summed E-state index contributed by atoms with van der Waals surface area (Å²) in [7, 11) is 0. The molecule has 5 aromatic rings. The Morgan fingerprint density at radius 2 is 1.67 bits per heavy atom. The molecular formula is C30H26N6O3. The van der Waals surface area contributed by atoms with Crippen LogP contribution in [0.2, 0.25) is 0 Å². The number of nitrogens with one attached hydrogen (secondary N) is 1. The van der Waals surface area contributed by atoms with Crippen LogP contribution in [0.1, 0.15) is 34.6 Å². The van der Waals surface area contributed by atoms with E-state index in [4.69, 9.17) is 0 Å². The molecule has 5 rings (SSSR count). The molecule has 0 aliphatic heterocycles. The predicted octanol–water partition coefficient (Wildman–Crippen LogP) is 4.12. The molecule has 2 aromatic heterocycles. The number of anilines is 1. The fourth-order valence-corrected chi connectivity index (χ4v) is 4.35. The molecular weight excluding hydrogens is 492 g/mol. The summed E-state index contributed by atoms with van der Waals surface area (Å²) < 4.78 is 1.50. The molecule has 1 atom stereocenters. The molecule has 2 amide bonds. The zero-order valence-corrected chi connectivity index (χ0v) is 21.3. The Morgan fingerprint density at radius 1 is 0.897 bits per heavy atom. The zero-order valence-electron chi connectivity index (χ0n) is 21.3. The number of pyridine rings is 1. The lowest BCUT2D eigenvalue weighted by Gasteiger charge is -2.31. The van der Waals surface area contributed by atoms with Crippen LogP contribution in [0.5, 0.6) is 0 Å². The summed E-state index contributed by atoms with van der Waals surface area (Å²) >= 11 is 0. The number of benzene rings is 3. The zero-order chi connectivity index (χ0) is 27.2. The van der Waals surface area contributed by atoms with Crippen LogP contribution in [-0.4, -0.2) is 37.6 Å². The predicted molar refractivity (Wildman–Crippen MR) is 147 cm³/mol. The largest absolute Gasteiger partial charge is 0.350 e. The Morgan fingerprint density at radius 3 is 2.44 bits per heavy atom. The fourth-order valence-electron chi connectivity index (χ4n) is 4.35. The average molecular weight is 519 g/mol. The molecule has 9 nitrogen and oxygen atoms in total. The van der Waals surface area contributed by atoms with E-state index in [1.165, 1.54) is 16.5 Å². The van der Waals surface area contributed by atoms with Crippen molar-refractivity contribution in [2.45, 2.75) is 26.1 Å². The highest BCUT2D eigenvalue weighted by Gasteiger charge is 2.34. The number of nitrogens with zero attached hydrogens (tertiary/aromatic N) is 5. The molecule has 0 unspecified atom stereocenters. The highest BCUT2D eigenvalue weighted by molar-refractivity contribution is 6.03. The van der Waals surface area contributed by atoms with Gasteiger partial charge in [0.25, 0.3) is 0 Å². The Bertz CT molecular complexity index is 1620. The molecule has 0 aliphatic carbocycles. The Labute approximate surface area is 225 Å². The van der Waals surface area contributed by atoms with E-state index in [1.807, 2.05) is 54.6 Å². The van der Waals surface area contributed by atoms with Gasteiger partial charge in [-0.3, -0.25) is 24.3 Å². The second-order valence-corrected chi connectivity index (χ2v) is 8.97. The first-order valence-corrected chi connectivity index (χ1v) is 12.4. The number of amides is 2. The summed E-state index contributed by atoms with van der Waals surface area (Å²) in [6, 6.07) is 27.6. The maximum atomic E-state index is 14.1. The maximum Gasteiger partial charge on any atom is 0.249 e. The van der Waals surface area contributed by atoms with Crippen LogP contribution in [0, 0.1) is 0 Å². The SMILES string of the molecule is CC(=O)c1cccc(N(C(=O)Cn2nnc3ccccc32)[C@H](C(=O)NCc2ccccc2)c2ccccn2)c1. The van der Waals surface area contributed by atoms with Crippen molar-refractivity contribution >= 4 is 34.3 Å². The highest BCUT2D eigenvalue weighted by Crippen LogP contribution is 2.29. The molecule has 1 N–H and O–H groups in total. The van der Waals surface area contributed by atoms with Crippen molar-refractivity contribution in [2.75, 3.05) is 4.90 Å². The van der Waals surface area contributed by atoms with Gasteiger partial charge in [0, 0.05) is 24.0 Å². The van der Waals surface area contributed by atoms with Crippen molar-refractivity contribution in [1.29, 1.82) is 0 Å². The molecule has 0 saturated heterocycles. The summed E-state index contributed by atoms with van der Waals surface area (Å²) in [5.41, 5.74) is 3.44. The second-order valence-electron chi connectivity index (χ2n) is 8.97. The second kappa shape index (κ2) is 11.5. The lowest BCUT2D eigenvalue weighted by molar-refractivity contribution is -0.127. The van der Waals surface area contributed by atoms with Gasteiger partial charge in [0.15, 0.2) is 11.8 Å². The van der Waals surface area contributed by atoms with Gasteiger partial charge in [-0.1, -0.05) is 65.9 Å². The fraction of sp³-hybridized carbons (Fsp3) is 0.133. The number of carbonyl (C=O) groups is 3. The van der Waals surface area contributed by atoms with Crippen molar-refractivity contribution in [3.63, 3.8) is 0 Å². The number of hydrogen-bond donors (Lipinski definition) is 1. The first kappa shape index (κ1) is 25.5. The normalized spacial score (nSPS) is 11.6. The summed E-state index contributed by atoms with van der Waals surface area (Å²) in [6.45, 7) is 1.54. The maximum absolute atomic E-state index is 14.1. The van der Waals surface area contributed by atoms with Gasteiger partial charge in [0.2, 0.25) is 11.8 Å². The summed E-state index contributed by atoms with van der Waals surface area (Å²) in [6.07, 6.45) is 1.58. The van der Waals surface area contributed by atoms with E-state index < -0.39 is 17.9 Å². The van der Waals surface area contributed by atoms with Crippen molar-refractivity contribution in [3.05, 3.63) is 120 Å². The van der Waals surface area contributed by atoms with Gasteiger partial charge in [0.05, 0.1) is 11.2 Å². The van der Waals surface area contributed by atoms with Crippen LogP contribution in [-0.2, 0) is 22.7 Å². The number of Topliss-reactive ketones (excluding diaryl/α,β-unsaturated/α-hetero) is 1. The third-order valence-electron chi connectivity index (χ3n) is 6.29. The minimum atomic E-state index is -1.11. The van der Waals surface area contributed by atoms with Crippen LogP contribution in [0.25, 0.3) is 11.0 Å². The molecule has 0 radical (unpaired) electrons. The van der Waals surface area contributed by atoms with Gasteiger partial charge in [0.1, 0.15) is 12.1 Å².